The summed E-state index contributed by atoms with van der Waals surface area (Å²) in [5.41, 5.74) is 4.26. The Morgan fingerprint density at radius 3 is 3.20 bits per heavy atom. The van der Waals surface area contributed by atoms with E-state index in [2.05, 4.69) is 35.8 Å². The molecule has 2 heteroatoms. The largest absolute Gasteiger partial charge is 0.381 e. The minimum atomic E-state index is 0.664. The van der Waals surface area contributed by atoms with E-state index in [1.165, 1.54) is 36.2 Å². The maximum Gasteiger partial charge on any atom is 0.0379 e. The van der Waals surface area contributed by atoms with Crippen LogP contribution in [0, 0.1) is 6.92 Å². The average molecular weight is 202 g/mol. The van der Waals surface area contributed by atoms with Gasteiger partial charge in [0, 0.05) is 24.2 Å². The zero-order chi connectivity index (χ0) is 10.3. The Morgan fingerprint density at radius 2 is 2.27 bits per heavy atom. The number of hydrogen-bond acceptors (Lipinski definition) is 2. The SMILES string of the molecule is Cc1ccc2c(c1)[C@@H]1CNCCC[C@@H]1N2. The van der Waals surface area contributed by atoms with Gasteiger partial charge in [-0.05, 0) is 37.9 Å². The summed E-state index contributed by atoms with van der Waals surface area (Å²) in [7, 11) is 0. The molecule has 0 aromatic heterocycles. The molecule has 80 valence electrons. The van der Waals surface area contributed by atoms with Crippen LogP contribution >= 0.6 is 0 Å². The molecule has 1 fully saturated rings. The molecule has 2 atom stereocenters. The van der Waals surface area contributed by atoms with Gasteiger partial charge in [-0.15, -0.1) is 0 Å². The highest BCUT2D eigenvalue weighted by atomic mass is 15.0. The van der Waals surface area contributed by atoms with Gasteiger partial charge in [0.05, 0.1) is 0 Å². The first-order valence-corrected chi connectivity index (χ1v) is 5.92. The molecule has 0 radical (unpaired) electrons. The van der Waals surface area contributed by atoms with Gasteiger partial charge in [0.1, 0.15) is 0 Å². The zero-order valence-corrected chi connectivity index (χ0v) is 9.22. The van der Waals surface area contributed by atoms with E-state index in [0.717, 1.165) is 6.54 Å². The zero-order valence-electron chi connectivity index (χ0n) is 9.22. The highest BCUT2D eigenvalue weighted by Gasteiger charge is 2.32. The monoisotopic (exact) mass is 202 g/mol. The van der Waals surface area contributed by atoms with Crippen molar-refractivity contribution in [2.45, 2.75) is 31.7 Å². The van der Waals surface area contributed by atoms with Crippen molar-refractivity contribution in [3.05, 3.63) is 29.3 Å². The second-order valence-corrected chi connectivity index (χ2v) is 4.79. The van der Waals surface area contributed by atoms with Crippen LogP contribution in [0.25, 0.3) is 0 Å². The van der Waals surface area contributed by atoms with Gasteiger partial charge in [0.15, 0.2) is 0 Å². The predicted molar refractivity (Wildman–Crippen MR) is 63.4 cm³/mol. The van der Waals surface area contributed by atoms with Crippen molar-refractivity contribution in [2.24, 2.45) is 0 Å². The lowest BCUT2D eigenvalue weighted by Crippen LogP contribution is -2.25. The first-order valence-electron chi connectivity index (χ1n) is 5.92. The Balaban J connectivity index is 1.98. The summed E-state index contributed by atoms with van der Waals surface area (Å²) >= 11 is 0. The van der Waals surface area contributed by atoms with Crippen LogP contribution in [0.4, 0.5) is 5.69 Å². The summed E-state index contributed by atoms with van der Waals surface area (Å²) in [5.74, 6) is 0.683. The number of fused-ring (bicyclic) bond motifs is 3. The standard InChI is InChI=1S/C13H18N2/c1-9-4-5-13-10(7-9)11-8-14-6-2-3-12(11)15-13/h4-5,7,11-12,14-15H,2-3,6,8H2,1H3/t11-,12-/m0/s1. The lowest BCUT2D eigenvalue weighted by atomic mass is 9.93. The van der Waals surface area contributed by atoms with Crippen LogP contribution in [-0.4, -0.2) is 19.1 Å². The molecule has 0 saturated carbocycles. The number of nitrogens with one attached hydrogen (secondary N) is 2. The fourth-order valence-electron chi connectivity index (χ4n) is 2.87. The molecule has 2 nitrogen and oxygen atoms in total. The average Bonchev–Trinajstić information content (AvgIpc) is 2.44. The maximum atomic E-state index is 3.66. The van der Waals surface area contributed by atoms with E-state index in [1.54, 1.807) is 0 Å². The number of hydrogen-bond donors (Lipinski definition) is 2. The predicted octanol–water partition coefficient (Wildman–Crippen LogP) is 2.26. The van der Waals surface area contributed by atoms with Gasteiger partial charge in [-0.3, -0.25) is 0 Å². The number of aryl methyl sites for hydroxylation is 1. The minimum Gasteiger partial charge on any atom is -0.381 e. The second-order valence-electron chi connectivity index (χ2n) is 4.79. The summed E-state index contributed by atoms with van der Waals surface area (Å²) in [6.07, 6.45) is 2.59. The Bertz CT molecular complexity index is 373. The summed E-state index contributed by atoms with van der Waals surface area (Å²) in [4.78, 5) is 0. The van der Waals surface area contributed by atoms with E-state index < -0.39 is 0 Å². The fraction of sp³-hybridized carbons (Fsp3) is 0.538. The number of anilines is 1. The fourth-order valence-corrected chi connectivity index (χ4v) is 2.87. The van der Waals surface area contributed by atoms with Gasteiger partial charge in [-0.2, -0.15) is 0 Å². The van der Waals surface area contributed by atoms with Crippen LogP contribution in [0.5, 0.6) is 0 Å². The Labute approximate surface area is 91.1 Å². The summed E-state index contributed by atoms with van der Waals surface area (Å²) in [5, 5.41) is 7.20. The van der Waals surface area contributed by atoms with Gasteiger partial charge >= 0.3 is 0 Å². The van der Waals surface area contributed by atoms with E-state index in [0.29, 0.717) is 12.0 Å². The van der Waals surface area contributed by atoms with Gasteiger partial charge in [-0.25, -0.2) is 0 Å². The molecule has 15 heavy (non-hydrogen) atoms. The first-order chi connectivity index (χ1) is 7.34. The van der Waals surface area contributed by atoms with E-state index in [1.807, 2.05) is 0 Å². The Kier molecular flexibility index (Phi) is 2.17. The van der Waals surface area contributed by atoms with Gasteiger partial charge < -0.3 is 10.6 Å². The molecular formula is C13H18N2. The molecule has 2 aliphatic heterocycles. The maximum absolute atomic E-state index is 3.66. The lowest BCUT2D eigenvalue weighted by Gasteiger charge is -2.16. The van der Waals surface area contributed by atoms with Crippen molar-refractivity contribution in [2.75, 3.05) is 18.4 Å². The first kappa shape index (κ1) is 9.22. The molecule has 0 bridgehead atoms. The third kappa shape index (κ3) is 1.53. The third-order valence-electron chi connectivity index (χ3n) is 3.67. The van der Waals surface area contributed by atoms with Crippen LogP contribution in [0.3, 0.4) is 0 Å². The van der Waals surface area contributed by atoms with Gasteiger partial charge in [0.2, 0.25) is 0 Å². The molecule has 2 N–H and O–H groups in total. The van der Waals surface area contributed by atoms with Crippen molar-refractivity contribution < 1.29 is 0 Å². The Morgan fingerprint density at radius 1 is 1.33 bits per heavy atom. The van der Waals surface area contributed by atoms with E-state index in [-0.39, 0.29) is 0 Å². The minimum absolute atomic E-state index is 0.664. The molecule has 2 heterocycles. The molecule has 1 saturated heterocycles. The quantitative estimate of drug-likeness (QED) is 0.674. The topological polar surface area (TPSA) is 24.1 Å². The molecule has 2 aliphatic rings. The molecular weight excluding hydrogens is 184 g/mol. The van der Waals surface area contributed by atoms with E-state index in [9.17, 15) is 0 Å². The highest BCUT2D eigenvalue weighted by Crippen LogP contribution is 2.38. The molecule has 3 rings (SSSR count). The van der Waals surface area contributed by atoms with Crippen LogP contribution in [0.2, 0.25) is 0 Å². The summed E-state index contributed by atoms with van der Waals surface area (Å²) < 4.78 is 0. The number of rotatable bonds is 0. The summed E-state index contributed by atoms with van der Waals surface area (Å²) in [6, 6.07) is 7.45. The van der Waals surface area contributed by atoms with E-state index in [4.69, 9.17) is 0 Å². The molecule has 0 spiro atoms. The third-order valence-corrected chi connectivity index (χ3v) is 3.67. The number of benzene rings is 1. The summed E-state index contributed by atoms with van der Waals surface area (Å²) in [6.45, 7) is 4.49. The van der Waals surface area contributed by atoms with Gasteiger partial charge in [0.25, 0.3) is 0 Å². The normalized spacial score (nSPS) is 28.9. The van der Waals surface area contributed by atoms with Crippen molar-refractivity contribution in [1.29, 1.82) is 0 Å². The van der Waals surface area contributed by atoms with Crippen molar-refractivity contribution in [1.82, 2.24) is 5.32 Å². The van der Waals surface area contributed by atoms with Gasteiger partial charge in [-0.1, -0.05) is 17.7 Å². The molecule has 0 aliphatic carbocycles. The smallest absolute Gasteiger partial charge is 0.0379 e. The van der Waals surface area contributed by atoms with Crippen molar-refractivity contribution in [3.8, 4) is 0 Å². The molecule has 1 aromatic rings. The van der Waals surface area contributed by atoms with Crippen molar-refractivity contribution in [3.63, 3.8) is 0 Å². The van der Waals surface area contributed by atoms with Crippen LogP contribution in [0.1, 0.15) is 29.9 Å². The van der Waals surface area contributed by atoms with Crippen molar-refractivity contribution >= 4 is 5.69 Å². The second kappa shape index (κ2) is 3.53. The Hall–Kier alpha value is -1.02. The molecule has 1 aromatic carbocycles. The molecule has 0 unspecified atom stereocenters. The van der Waals surface area contributed by atoms with E-state index >= 15 is 0 Å². The van der Waals surface area contributed by atoms with Crippen LogP contribution in [0.15, 0.2) is 18.2 Å². The lowest BCUT2D eigenvalue weighted by molar-refractivity contribution is 0.580. The highest BCUT2D eigenvalue weighted by molar-refractivity contribution is 5.60. The van der Waals surface area contributed by atoms with Crippen LogP contribution < -0.4 is 10.6 Å². The molecule has 0 amide bonds. The van der Waals surface area contributed by atoms with Crippen LogP contribution in [-0.2, 0) is 0 Å².